The molecule has 1 unspecified atom stereocenters. The molecule has 1 aromatic rings. The fourth-order valence-corrected chi connectivity index (χ4v) is 2.65. The van der Waals surface area contributed by atoms with Crippen LogP contribution in [0.2, 0.25) is 0 Å². The molecular formula is C13H20N2S. The Morgan fingerprint density at radius 1 is 1.44 bits per heavy atom. The van der Waals surface area contributed by atoms with Crippen LogP contribution in [0.3, 0.4) is 0 Å². The fourth-order valence-electron chi connectivity index (χ4n) is 1.65. The first kappa shape index (κ1) is 13.2. The van der Waals surface area contributed by atoms with E-state index in [0.717, 1.165) is 30.1 Å². The highest BCUT2D eigenvalue weighted by Crippen LogP contribution is 2.26. The minimum atomic E-state index is 0.346. The van der Waals surface area contributed by atoms with E-state index in [9.17, 15) is 0 Å². The van der Waals surface area contributed by atoms with Gasteiger partial charge in [0.05, 0.1) is 16.7 Å². The van der Waals surface area contributed by atoms with Crippen molar-refractivity contribution in [1.29, 1.82) is 0 Å². The SMILES string of the molecule is CC#CCC(NCCC)c1sc(C)nc1C. The summed E-state index contributed by atoms with van der Waals surface area (Å²) in [4.78, 5) is 5.82. The van der Waals surface area contributed by atoms with Gasteiger partial charge in [-0.2, -0.15) is 0 Å². The summed E-state index contributed by atoms with van der Waals surface area (Å²) in [6.07, 6.45) is 2.02. The molecule has 88 valence electrons. The molecule has 3 heteroatoms. The highest BCUT2D eigenvalue weighted by molar-refractivity contribution is 7.11. The fraction of sp³-hybridized carbons (Fsp3) is 0.615. The van der Waals surface area contributed by atoms with Crippen molar-refractivity contribution in [2.75, 3.05) is 6.54 Å². The Hall–Kier alpha value is -0.850. The first-order chi connectivity index (χ1) is 7.69. The summed E-state index contributed by atoms with van der Waals surface area (Å²) >= 11 is 1.78. The maximum Gasteiger partial charge on any atom is 0.0900 e. The minimum Gasteiger partial charge on any atom is -0.308 e. The average molecular weight is 236 g/mol. The lowest BCUT2D eigenvalue weighted by atomic mass is 10.1. The van der Waals surface area contributed by atoms with Crippen LogP contribution in [0.1, 0.15) is 48.3 Å². The van der Waals surface area contributed by atoms with Gasteiger partial charge < -0.3 is 5.32 Å². The highest BCUT2D eigenvalue weighted by atomic mass is 32.1. The standard InChI is InChI=1S/C13H20N2S/c1-5-7-8-12(14-9-6-2)13-10(3)15-11(4)16-13/h12,14H,6,8-9H2,1-4H3. The predicted molar refractivity (Wildman–Crippen MR) is 70.7 cm³/mol. The molecule has 1 aromatic heterocycles. The van der Waals surface area contributed by atoms with Crippen LogP contribution in [0.5, 0.6) is 0 Å². The van der Waals surface area contributed by atoms with Crippen molar-refractivity contribution in [1.82, 2.24) is 10.3 Å². The number of hydrogen-bond acceptors (Lipinski definition) is 3. The Kier molecular flexibility index (Phi) is 5.51. The van der Waals surface area contributed by atoms with E-state index in [-0.39, 0.29) is 0 Å². The first-order valence-corrected chi connectivity index (χ1v) is 6.57. The Labute approximate surface area is 102 Å². The second-order valence-electron chi connectivity index (χ2n) is 3.82. The van der Waals surface area contributed by atoms with Gasteiger partial charge in [0.1, 0.15) is 0 Å². The second kappa shape index (κ2) is 6.67. The van der Waals surface area contributed by atoms with Gasteiger partial charge in [-0.05, 0) is 33.7 Å². The largest absolute Gasteiger partial charge is 0.308 e. The van der Waals surface area contributed by atoms with Crippen molar-refractivity contribution in [2.24, 2.45) is 0 Å². The van der Waals surface area contributed by atoms with E-state index in [1.54, 1.807) is 11.3 Å². The van der Waals surface area contributed by atoms with Gasteiger partial charge in [-0.25, -0.2) is 4.98 Å². The maximum atomic E-state index is 4.48. The van der Waals surface area contributed by atoms with Crippen molar-refractivity contribution in [3.63, 3.8) is 0 Å². The van der Waals surface area contributed by atoms with Crippen LogP contribution in [0.15, 0.2) is 0 Å². The van der Waals surface area contributed by atoms with E-state index in [1.165, 1.54) is 4.88 Å². The monoisotopic (exact) mass is 236 g/mol. The van der Waals surface area contributed by atoms with Crippen molar-refractivity contribution in [2.45, 2.75) is 46.6 Å². The van der Waals surface area contributed by atoms with Crippen LogP contribution < -0.4 is 5.32 Å². The number of aryl methyl sites for hydroxylation is 2. The molecule has 16 heavy (non-hydrogen) atoms. The molecule has 1 rings (SSSR count). The average Bonchev–Trinajstić information content (AvgIpc) is 2.58. The molecule has 0 aromatic carbocycles. The Balaban J connectivity index is 2.80. The molecule has 0 amide bonds. The molecule has 1 N–H and O–H groups in total. The van der Waals surface area contributed by atoms with Crippen LogP contribution >= 0.6 is 11.3 Å². The molecule has 0 saturated heterocycles. The van der Waals surface area contributed by atoms with E-state index in [4.69, 9.17) is 0 Å². The highest BCUT2D eigenvalue weighted by Gasteiger charge is 2.15. The maximum absolute atomic E-state index is 4.48. The molecule has 0 fully saturated rings. The molecule has 0 spiro atoms. The van der Waals surface area contributed by atoms with Crippen molar-refractivity contribution in [3.05, 3.63) is 15.6 Å². The van der Waals surface area contributed by atoms with E-state index < -0.39 is 0 Å². The number of hydrogen-bond donors (Lipinski definition) is 1. The molecule has 1 heterocycles. The smallest absolute Gasteiger partial charge is 0.0900 e. The number of thiazole rings is 1. The van der Waals surface area contributed by atoms with Gasteiger partial charge in [0.15, 0.2) is 0 Å². The van der Waals surface area contributed by atoms with Crippen LogP contribution in [0, 0.1) is 25.7 Å². The summed E-state index contributed by atoms with van der Waals surface area (Å²) in [7, 11) is 0. The second-order valence-corrected chi connectivity index (χ2v) is 5.05. The molecule has 0 saturated carbocycles. The van der Waals surface area contributed by atoms with Gasteiger partial charge in [0.2, 0.25) is 0 Å². The zero-order valence-electron chi connectivity index (χ0n) is 10.6. The molecule has 0 aliphatic rings. The molecule has 0 bridgehead atoms. The van der Waals surface area contributed by atoms with Crippen LogP contribution in [0.4, 0.5) is 0 Å². The first-order valence-electron chi connectivity index (χ1n) is 5.76. The van der Waals surface area contributed by atoms with Crippen molar-refractivity contribution < 1.29 is 0 Å². The van der Waals surface area contributed by atoms with Crippen LogP contribution in [-0.2, 0) is 0 Å². The Morgan fingerprint density at radius 3 is 2.69 bits per heavy atom. The normalized spacial score (nSPS) is 12.0. The Morgan fingerprint density at radius 2 is 2.19 bits per heavy atom. The molecule has 2 nitrogen and oxygen atoms in total. The van der Waals surface area contributed by atoms with Gasteiger partial charge in [0.25, 0.3) is 0 Å². The zero-order valence-corrected chi connectivity index (χ0v) is 11.4. The van der Waals surface area contributed by atoms with Gasteiger partial charge in [0, 0.05) is 11.3 Å². The predicted octanol–water partition coefficient (Wildman–Crippen LogP) is 3.21. The summed E-state index contributed by atoms with van der Waals surface area (Å²) in [6.45, 7) is 9.25. The lowest BCUT2D eigenvalue weighted by molar-refractivity contribution is 0.547. The third-order valence-corrected chi connectivity index (χ3v) is 3.57. The molecule has 1 atom stereocenters. The van der Waals surface area contributed by atoms with Crippen LogP contribution in [-0.4, -0.2) is 11.5 Å². The third kappa shape index (κ3) is 3.62. The van der Waals surface area contributed by atoms with Crippen molar-refractivity contribution >= 4 is 11.3 Å². The number of nitrogens with zero attached hydrogens (tertiary/aromatic N) is 1. The zero-order chi connectivity index (χ0) is 12.0. The van der Waals surface area contributed by atoms with Gasteiger partial charge in [-0.1, -0.05) is 6.92 Å². The summed E-state index contributed by atoms with van der Waals surface area (Å²) < 4.78 is 0. The van der Waals surface area contributed by atoms with E-state index in [2.05, 4.69) is 42.9 Å². The van der Waals surface area contributed by atoms with E-state index in [1.807, 2.05) is 6.92 Å². The summed E-state index contributed by atoms with van der Waals surface area (Å²) in [5.41, 5.74) is 1.15. The van der Waals surface area contributed by atoms with Crippen molar-refractivity contribution in [3.8, 4) is 11.8 Å². The molecule has 0 radical (unpaired) electrons. The summed E-state index contributed by atoms with van der Waals surface area (Å²) in [5, 5.41) is 4.68. The number of nitrogens with one attached hydrogen (secondary N) is 1. The lowest BCUT2D eigenvalue weighted by Gasteiger charge is -2.14. The van der Waals surface area contributed by atoms with E-state index in [0.29, 0.717) is 6.04 Å². The number of rotatable bonds is 5. The van der Waals surface area contributed by atoms with Gasteiger partial charge in [-0.3, -0.25) is 0 Å². The minimum absolute atomic E-state index is 0.346. The summed E-state index contributed by atoms with van der Waals surface area (Å²) in [6, 6.07) is 0.346. The molecule has 0 aliphatic heterocycles. The Bertz CT molecular complexity index is 384. The third-order valence-electron chi connectivity index (χ3n) is 2.38. The van der Waals surface area contributed by atoms with Gasteiger partial charge in [-0.15, -0.1) is 23.2 Å². The quantitative estimate of drug-likeness (QED) is 0.794. The molecule has 0 aliphatic carbocycles. The summed E-state index contributed by atoms with van der Waals surface area (Å²) in [5.74, 6) is 6.12. The number of aromatic nitrogens is 1. The van der Waals surface area contributed by atoms with E-state index >= 15 is 0 Å². The topological polar surface area (TPSA) is 24.9 Å². The van der Waals surface area contributed by atoms with Crippen LogP contribution in [0.25, 0.3) is 0 Å². The molecular weight excluding hydrogens is 216 g/mol. The van der Waals surface area contributed by atoms with Gasteiger partial charge >= 0.3 is 0 Å². The lowest BCUT2D eigenvalue weighted by Crippen LogP contribution is -2.21.